The van der Waals surface area contributed by atoms with Crippen LogP contribution in [0.15, 0.2) is 22.6 Å². The van der Waals surface area contributed by atoms with Crippen LogP contribution >= 0.6 is 0 Å². The fourth-order valence-corrected chi connectivity index (χ4v) is 2.06. The molecule has 0 radical (unpaired) electrons. The molecule has 4 nitrogen and oxygen atoms in total. The van der Waals surface area contributed by atoms with Gasteiger partial charge in [0.25, 0.3) is 0 Å². The highest BCUT2D eigenvalue weighted by Crippen LogP contribution is 2.34. The molecule has 0 fully saturated rings. The Morgan fingerprint density at radius 3 is 2.63 bits per heavy atom. The van der Waals surface area contributed by atoms with Gasteiger partial charge in [0.2, 0.25) is 0 Å². The average Bonchev–Trinajstić information content (AvgIpc) is 2.87. The number of furan rings is 1. The van der Waals surface area contributed by atoms with Gasteiger partial charge in [-0.2, -0.15) is 0 Å². The molecule has 1 atom stereocenters. The lowest BCUT2D eigenvalue weighted by Gasteiger charge is -2.09. The van der Waals surface area contributed by atoms with Crippen molar-refractivity contribution in [3.05, 3.63) is 24.0 Å². The van der Waals surface area contributed by atoms with Gasteiger partial charge >= 0.3 is 0 Å². The van der Waals surface area contributed by atoms with Gasteiger partial charge in [-0.05, 0) is 26.0 Å². The SMILES string of the molecule is CCCNC(C)c1cc2c(OC)cc(OC)cc2o1. The zero-order valence-corrected chi connectivity index (χ0v) is 11.9. The summed E-state index contributed by atoms with van der Waals surface area (Å²) in [6.45, 7) is 5.21. The summed E-state index contributed by atoms with van der Waals surface area (Å²) >= 11 is 0. The van der Waals surface area contributed by atoms with Crippen LogP contribution in [0.5, 0.6) is 11.5 Å². The van der Waals surface area contributed by atoms with Crippen LogP contribution in [0, 0.1) is 0 Å². The molecule has 1 N–H and O–H groups in total. The van der Waals surface area contributed by atoms with E-state index < -0.39 is 0 Å². The molecule has 0 spiro atoms. The van der Waals surface area contributed by atoms with Gasteiger partial charge in [0.1, 0.15) is 22.8 Å². The van der Waals surface area contributed by atoms with Crippen LogP contribution in [-0.4, -0.2) is 20.8 Å². The van der Waals surface area contributed by atoms with Gasteiger partial charge in [-0.3, -0.25) is 0 Å². The third kappa shape index (κ3) is 2.84. The van der Waals surface area contributed by atoms with Crippen molar-refractivity contribution < 1.29 is 13.9 Å². The normalized spacial score (nSPS) is 12.6. The lowest BCUT2D eigenvalue weighted by Crippen LogP contribution is -2.18. The Hall–Kier alpha value is -1.68. The van der Waals surface area contributed by atoms with Gasteiger partial charge in [0.15, 0.2) is 0 Å². The molecule has 1 aromatic carbocycles. The van der Waals surface area contributed by atoms with E-state index in [9.17, 15) is 0 Å². The first-order valence-electron chi connectivity index (χ1n) is 6.58. The van der Waals surface area contributed by atoms with Crippen molar-refractivity contribution in [1.29, 1.82) is 0 Å². The van der Waals surface area contributed by atoms with E-state index in [-0.39, 0.29) is 6.04 Å². The molecule has 0 saturated carbocycles. The fourth-order valence-electron chi connectivity index (χ4n) is 2.06. The number of hydrogen-bond acceptors (Lipinski definition) is 4. The first-order chi connectivity index (χ1) is 9.19. The van der Waals surface area contributed by atoms with Gasteiger partial charge in [-0.1, -0.05) is 6.92 Å². The number of rotatable bonds is 6. The number of fused-ring (bicyclic) bond motifs is 1. The van der Waals surface area contributed by atoms with E-state index in [1.54, 1.807) is 14.2 Å². The highest BCUT2D eigenvalue weighted by atomic mass is 16.5. The Labute approximate surface area is 113 Å². The molecule has 0 aliphatic carbocycles. The molecule has 0 bridgehead atoms. The summed E-state index contributed by atoms with van der Waals surface area (Å²) in [5.41, 5.74) is 0.788. The Bertz CT molecular complexity index is 548. The third-order valence-corrected chi connectivity index (χ3v) is 3.17. The van der Waals surface area contributed by atoms with E-state index in [0.717, 1.165) is 41.2 Å². The largest absolute Gasteiger partial charge is 0.496 e. The topological polar surface area (TPSA) is 43.6 Å². The van der Waals surface area contributed by atoms with Gasteiger partial charge in [0, 0.05) is 12.1 Å². The molecule has 1 aromatic heterocycles. The van der Waals surface area contributed by atoms with Crippen LogP contribution in [0.1, 0.15) is 32.1 Å². The number of ether oxygens (including phenoxy) is 2. The molecule has 4 heteroatoms. The van der Waals surface area contributed by atoms with Crippen LogP contribution in [-0.2, 0) is 0 Å². The molecule has 1 heterocycles. The molecule has 2 aromatic rings. The second kappa shape index (κ2) is 5.97. The van der Waals surface area contributed by atoms with Crippen molar-refractivity contribution in [1.82, 2.24) is 5.32 Å². The first-order valence-corrected chi connectivity index (χ1v) is 6.58. The summed E-state index contributed by atoms with van der Waals surface area (Å²) in [7, 11) is 3.29. The Kier molecular flexibility index (Phi) is 4.32. The second-order valence-electron chi connectivity index (χ2n) is 4.57. The summed E-state index contributed by atoms with van der Waals surface area (Å²) < 4.78 is 16.5. The molecule has 0 saturated heterocycles. The van der Waals surface area contributed by atoms with Crippen molar-refractivity contribution >= 4 is 11.0 Å². The van der Waals surface area contributed by atoms with E-state index in [0.29, 0.717) is 0 Å². The minimum atomic E-state index is 0.183. The van der Waals surface area contributed by atoms with Crippen molar-refractivity contribution in [2.24, 2.45) is 0 Å². The molecule has 104 valence electrons. The highest BCUT2D eigenvalue weighted by Gasteiger charge is 2.14. The maximum Gasteiger partial charge on any atom is 0.141 e. The minimum Gasteiger partial charge on any atom is -0.496 e. The fraction of sp³-hybridized carbons (Fsp3) is 0.467. The maximum atomic E-state index is 5.89. The van der Waals surface area contributed by atoms with E-state index in [1.165, 1.54) is 0 Å². The van der Waals surface area contributed by atoms with Crippen LogP contribution < -0.4 is 14.8 Å². The Morgan fingerprint density at radius 1 is 1.21 bits per heavy atom. The number of nitrogens with one attached hydrogen (secondary N) is 1. The van der Waals surface area contributed by atoms with Gasteiger partial charge in [-0.15, -0.1) is 0 Å². The maximum absolute atomic E-state index is 5.89. The van der Waals surface area contributed by atoms with Crippen LogP contribution in [0.4, 0.5) is 0 Å². The van der Waals surface area contributed by atoms with E-state index in [2.05, 4.69) is 19.2 Å². The zero-order chi connectivity index (χ0) is 13.8. The zero-order valence-electron chi connectivity index (χ0n) is 11.9. The predicted octanol–water partition coefficient (Wildman–Crippen LogP) is 3.51. The summed E-state index contributed by atoms with van der Waals surface area (Å²) in [4.78, 5) is 0. The highest BCUT2D eigenvalue weighted by molar-refractivity contribution is 5.86. The molecule has 2 rings (SSSR count). The van der Waals surface area contributed by atoms with Crippen molar-refractivity contribution in [2.75, 3.05) is 20.8 Å². The predicted molar refractivity (Wildman–Crippen MR) is 76.0 cm³/mol. The smallest absolute Gasteiger partial charge is 0.141 e. The molecular weight excluding hydrogens is 242 g/mol. The van der Waals surface area contributed by atoms with Crippen LogP contribution in [0.25, 0.3) is 11.0 Å². The summed E-state index contributed by atoms with van der Waals surface area (Å²) in [6.07, 6.45) is 1.10. The molecule has 0 amide bonds. The quantitative estimate of drug-likeness (QED) is 0.866. The van der Waals surface area contributed by atoms with Crippen molar-refractivity contribution in [3.63, 3.8) is 0 Å². The Balaban J connectivity index is 2.38. The standard InChI is InChI=1S/C15H21NO3/c1-5-6-16-10(2)13-9-12-14(18-4)7-11(17-3)8-15(12)19-13/h7-10,16H,5-6H2,1-4H3. The summed E-state index contributed by atoms with van der Waals surface area (Å²) in [6, 6.07) is 5.96. The summed E-state index contributed by atoms with van der Waals surface area (Å²) in [5, 5.41) is 4.39. The molecule has 19 heavy (non-hydrogen) atoms. The number of benzene rings is 1. The summed E-state index contributed by atoms with van der Waals surface area (Å²) in [5.74, 6) is 2.42. The van der Waals surface area contributed by atoms with E-state index in [1.807, 2.05) is 18.2 Å². The van der Waals surface area contributed by atoms with Crippen molar-refractivity contribution in [2.45, 2.75) is 26.3 Å². The average molecular weight is 263 g/mol. The third-order valence-electron chi connectivity index (χ3n) is 3.17. The van der Waals surface area contributed by atoms with Crippen LogP contribution in [0.2, 0.25) is 0 Å². The van der Waals surface area contributed by atoms with Gasteiger partial charge in [-0.25, -0.2) is 0 Å². The lowest BCUT2D eigenvalue weighted by molar-refractivity contribution is 0.396. The minimum absolute atomic E-state index is 0.183. The van der Waals surface area contributed by atoms with Gasteiger partial charge in [0.05, 0.1) is 25.6 Å². The van der Waals surface area contributed by atoms with Gasteiger partial charge < -0.3 is 19.2 Å². The second-order valence-corrected chi connectivity index (χ2v) is 4.57. The van der Waals surface area contributed by atoms with E-state index in [4.69, 9.17) is 13.9 Å². The molecule has 0 aliphatic heterocycles. The first kappa shape index (κ1) is 13.7. The van der Waals surface area contributed by atoms with E-state index >= 15 is 0 Å². The lowest BCUT2D eigenvalue weighted by atomic mass is 10.2. The molecule has 1 unspecified atom stereocenters. The molecular formula is C15H21NO3. The monoisotopic (exact) mass is 263 g/mol. The number of methoxy groups -OCH3 is 2. The van der Waals surface area contributed by atoms with Crippen LogP contribution in [0.3, 0.4) is 0 Å². The number of hydrogen-bond donors (Lipinski definition) is 1. The van der Waals surface area contributed by atoms with Crippen molar-refractivity contribution in [3.8, 4) is 11.5 Å². The molecule has 0 aliphatic rings. The Morgan fingerprint density at radius 2 is 2.00 bits per heavy atom.